The summed E-state index contributed by atoms with van der Waals surface area (Å²) >= 11 is 0. The lowest BCUT2D eigenvalue weighted by Crippen LogP contribution is -2.37. The van der Waals surface area contributed by atoms with Crippen LogP contribution in [0.5, 0.6) is 5.75 Å². The van der Waals surface area contributed by atoms with Gasteiger partial charge in [-0.05, 0) is 43.3 Å². The van der Waals surface area contributed by atoms with E-state index in [1.54, 1.807) is 25.3 Å². The summed E-state index contributed by atoms with van der Waals surface area (Å²) in [6.07, 6.45) is 0.494. The molecular formula is C23H31FN2O3. The maximum atomic E-state index is 13.6. The van der Waals surface area contributed by atoms with Gasteiger partial charge in [0.25, 0.3) is 0 Å². The van der Waals surface area contributed by atoms with Crippen LogP contribution in [0.4, 0.5) is 4.39 Å². The number of β-amino-alcohol motifs (C(OH)–C–C–N with tert-alkyl or cyclic N) is 1. The Bertz CT molecular complexity index is 741. The second-order valence-electron chi connectivity index (χ2n) is 7.54. The molecule has 0 amide bonds. The monoisotopic (exact) mass is 402 g/mol. The van der Waals surface area contributed by atoms with E-state index in [9.17, 15) is 9.50 Å². The Morgan fingerprint density at radius 1 is 1.00 bits per heavy atom. The van der Waals surface area contributed by atoms with Gasteiger partial charge >= 0.3 is 0 Å². The Morgan fingerprint density at radius 3 is 2.48 bits per heavy atom. The maximum absolute atomic E-state index is 13.6. The molecule has 0 aliphatic carbocycles. The van der Waals surface area contributed by atoms with Crippen molar-refractivity contribution in [3.8, 4) is 5.75 Å². The number of aliphatic hydroxyl groups is 1. The highest BCUT2D eigenvalue weighted by Gasteiger charge is 2.18. The van der Waals surface area contributed by atoms with Crippen molar-refractivity contribution in [2.45, 2.75) is 25.7 Å². The molecule has 29 heavy (non-hydrogen) atoms. The minimum absolute atomic E-state index is 0.180. The van der Waals surface area contributed by atoms with Gasteiger partial charge in [-0.3, -0.25) is 9.80 Å². The zero-order valence-electron chi connectivity index (χ0n) is 17.1. The van der Waals surface area contributed by atoms with Gasteiger partial charge in [-0.15, -0.1) is 0 Å². The van der Waals surface area contributed by atoms with E-state index in [4.69, 9.17) is 9.47 Å². The molecule has 1 unspecified atom stereocenters. The first-order valence-electron chi connectivity index (χ1n) is 10.2. The van der Waals surface area contributed by atoms with Gasteiger partial charge in [-0.1, -0.05) is 30.3 Å². The van der Waals surface area contributed by atoms with Crippen LogP contribution >= 0.6 is 0 Å². The smallest absolute Gasteiger partial charge is 0.128 e. The van der Waals surface area contributed by atoms with Gasteiger partial charge in [0.1, 0.15) is 11.6 Å². The van der Waals surface area contributed by atoms with Crippen molar-refractivity contribution in [3.05, 3.63) is 65.5 Å². The number of benzene rings is 2. The molecule has 1 N–H and O–H groups in total. The minimum atomic E-state index is -0.574. The molecule has 6 heteroatoms. The zero-order chi connectivity index (χ0) is 20.5. The highest BCUT2D eigenvalue weighted by molar-refractivity contribution is 5.27. The summed E-state index contributed by atoms with van der Waals surface area (Å²) in [5.74, 6) is 0.605. The molecule has 2 aromatic rings. The molecule has 1 aliphatic heterocycles. The molecule has 158 valence electrons. The second kappa shape index (κ2) is 11.3. The first-order valence-corrected chi connectivity index (χ1v) is 10.2. The average Bonchev–Trinajstić information content (AvgIpc) is 2.95. The molecule has 1 heterocycles. The molecule has 1 saturated heterocycles. The Kier molecular flexibility index (Phi) is 8.43. The molecule has 0 radical (unpaired) electrons. The Labute approximate surface area is 172 Å². The lowest BCUT2D eigenvalue weighted by atomic mass is 10.2. The number of rotatable bonds is 9. The van der Waals surface area contributed by atoms with Crippen LogP contribution in [0.1, 0.15) is 17.5 Å². The lowest BCUT2D eigenvalue weighted by molar-refractivity contribution is 0.00971. The molecular weight excluding hydrogens is 371 g/mol. The van der Waals surface area contributed by atoms with Gasteiger partial charge in [0.05, 0.1) is 26.4 Å². The number of ether oxygens (including phenoxy) is 2. The molecule has 1 fully saturated rings. The average molecular weight is 403 g/mol. The van der Waals surface area contributed by atoms with Crippen LogP contribution < -0.4 is 4.74 Å². The first-order chi connectivity index (χ1) is 14.1. The van der Waals surface area contributed by atoms with E-state index in [2.05, 4.69) is 21.9 Å². The molecule has 1 aliphatic rings. The van der Waals surface area contributed by atoms with Crippen LogP contribution in [0, 0.1) is 5.82 Å². The third-order valence-electron chi connectivity index (χ3n) is 5.24. The summed E-state index contributed by atoms with van der Waals surface area (Å²) in [6.45, 7) is 5.78. The van der Waals surface area contributed by atoms with Gasteiger partial charge in [0.2, 0.25) is 0 Å². The van der Waals surface area contributed by atoms with E-state index in [-0.39, 0.29) is 19.0 Å². The fourth-order valence-corrected chi connectivity index (χ4v) is 3.63. The van der Waals surface area contributed by atoms with Gasteiger partial charge in [0, 0.05) is 31.7 Å². The zero-order valence-corrected chi connectivity index (χ0v) is 17.1. The second-order valence-corrected chi connectivity index (χ2v) is 7.54. The molecule has 0 spiro atoms. The topological polar surface area (TPSA) is 45.2 Å². The Hall–Kier alpha value is -1.99. The largest absolute Gasteiger partial charge is 0.497 e. The number of methoxy groups -OCH3 is 1. The standard InChI is InChI=1S/C23H31FN2O3/c1-28-22-9-7-19(8-10-22)15-25-11-4-12-26(14-13-25)16-21(27)18-29-17-20-5-2-3-6-23(20)24/h2-3,5-10,21,27H,4,11-18H2,1H3. The summed E-state index contributed by atoms with van der Waals surface area (Å²) in [6, 6.07) is 14.8. The highest BCUT2D eigenvalue weighted by Crippen LogP contribution is 2.14. The van der Waals surface area contributed by atoms with Crippen molar-refractivity contribution in [1.82, 2.24) is 9.80 Å². The summed E-state index contributed by atoms with van der Waals surface area (Å²) in [5.41, 5.74) is 1.80. The van der Waals surface area contributed by atoms with Crippen LogP contribution in [0.25, 0.3) is 0 Å². The molecule has 0 bridgehead atoms. The molecule has 3 rings (SSSR count). The Morgan fingerprint density at radius 2 is 1.72 bits per heavy atom. The summed E-state index contributed by atoms with van der Waals surface area (Å²) in [7, 11) is 1.68. The van der Waals surface area contributed by atoms with Crippen molar-refractivity contribution in [2.24, 2.45) is 0 Å². The van der Waals surface area contributed by atoms with Crippen molar-refractivity contribution in [2.75, 3.05) is 46.4 Å². The first kappa shape index (κ1) is 21.7. The number of hydrogen-bond donors (Lipinski definition) is 1. The number of nitrogens with zero attached hydrogens (tertiary/aromatic N) is 2. The highest BCUT2D eigenvalue weighted by atomic mass is 19.1. The third-order valence-corrected chi connectivity index (χ3v) is 5.24. The fraction of sp³-hybridized carbons (Fsp3) is 0.478. The van der Waals surface area contributed by atoms with E-state index in [1.165, 1.54) is 11.6 Å². The van der Waals surface area contributed by atoms with Gasteiger partial charge in [0.15, 0.2) is 0 Å². The van der Waals surface area contributed by atoms with Crippen molar-refractivity contribution < 1.29 is 19.0 Å². The minimum Gasteiger partial charge on any atom is -0.497 e. The fourth-order valence-electron chi connectivity index (χ4n) is 3.63. The van der Waals surface area contributed by atoms with Crippen molar-refractivity contribution in [3.63, 3.8) is 0 Å². The van der Waals surface area contributed by atoms with Gasteiger partial charge < -0.3 is 14.6 Å². The number of hydrogen-bond acceptors (Lipinski definition) is 5. The van der Waals surface area contributed by atoms with E-state index in [1.807, 2.05) is 12.1 Å². The Balaban J connectivity index is 1.38. The normalized spacial score (nSPS) is 17.1. The van der Waals surface area contributed by atoms with Crippen LogP contribution in [0.15, 0.2) is 48.5 Å². The van der Waals surface area contributed by atoms with Crippen molar-refractivity contribution in [1.29, 1.82) is 0 Å². The van der Waals surface area contributed by atoms with E-state index in [0.717, 1.165) is 44.9 Å². The van der Waals surface area contributed by atoms with Gasteiger partial charge in [-0.2, -0.15) is 0 Å². The molecule has 2 aromatic carbocycles. The van der Waals surface area contributed by atoms with Crippen LogP contribution in [-0.4, -0.2) is 67.5 Å². The lowest BCUT2D eigenvalue weighted by Gasteiger charge is -2.24. The summed E-state index contributed by atoms with van der Waals surface area (Å²) in [4.78, 5) is 4.73. The predicted octanol–water partition coefficient (Wildman–Crippen LogP) is 2.92. The van der Waals surface area contributed by atoms with Crippen LogP contribution in [0.2, 0.25) is 0 Å². The van der Waals surface area contributed by atoms with Gasteiger partial charge in [-0.25, -0.2) is 4.39 Å². The summed E-state index contributed by atoms with van der Waals surface area (Å²) in [5, 5.41) is 10.3. The third kappa shape index (κ3) is 7.08. The number of aliphatic hydroxyl groups excluding tert-OH is 1. The maximum Gasteiger partial charge on any atom is 0.128 e. The predicted molar refractivity (Wildman–Crippen MR) is 111 cm³/mol. The van der Waals surface area contributed by atoms with E-state index in [0.29, 0.717) is 12.1 Å². The van der Waals surface area contributed by atoms with E-state index < -0.39 is 6.10 Å². The quantitative estimate of drug-likeness (QED) is 0.699. The summed E-state index contributed by atoms with van der Waals surface area (Å²) < 4.78 is 24.3. The van der Waals surface area contributed by atoms with Crippen LogP contribution in [-0.2, 0) is 17.9 Å². The van der Waals surface area contributed by atoms with Crippen molar-refractivity contribution >= 4 is 0 Å². The molecule has 5 nitrogen and oxygen atoms in total. The molecule has 0 aromatic heterocycles. The molecule has 0 saturated carbocycles. The van der Waals surface area contributed by atoms with Crippen LogP contribution in [0.3, 0.4) is 0 Å². The molecule has 1 atom stereocenters. The van der Waals surface area contributed by atoms with E-state index >= 15 is 0 Å². The number of halogens is 1. The SMILES string of the molecule is COc1ccc(CN2CCCN(CC(O)COCc3ccccc3F)CC2)cc1.